The molecule has 3 aromatic heterocycles. The molecule has 0 saturated heterocycles. The van der Waals surface area contributed by atoms with Crippen molar-refractivity contribution in [2.45, 2.75) is 0 Å². The zero-order valence-corrected chi connectivity index (χ0v) is 29.5. The Labute approximate surface area is 316 Å². The molecule has 0 radical (unpaired) electrons. The first-order chi connectivity index (χ1) is 27.2. The molecule has 11 rings (SSSR count). The molecule has 0 fully saturated rings. The Kier molecular flexibility index (Phi) is 6.61. The van der Waals surface area contributed by atoms with Gasteiger partial charge in [0.15, 0.2) is 0 Å². The van der Waals surface area contributed by atoms with Gasteiger partial charge >= 0.3 is 0 Å². The molecule has 11 aromatic rings. The predicted octanol–water partition coefficient (Wildman–Crippen LogP) is 12.4. The third kappa shape index (κ3) is 4.45. The van der Waals surface area contributed by atoms with Crippen LogP contribution in [0.1, 0.15) is 11.1 Å². The van der Waals surface area contributed by atoms with E-state index < -0.39 is 0 Å². The van der Waals surface area contributed by atoms with Crippen molar-refractivity contribution < 1.29 is 0 Å². The van der Waals surface area contributed by atoms with E-state index in [9.17, 15) is 10.5 Å². The third-order valence-corrected chi connectivity index (χ3v) is 11.1. The first-order valence-electron chi connectivity index (χ1n) is 18.3. The lowest BCUT2D eigenvalue weighted by Crippen LogP contribution is -2.00. The van der Waals surface area contributed by atoms with Gasteiger partial charge in [-0.2, -0.15) is 10.5 Å². The van der Waals surface area contributed by atoms with E-state index in [2.05, 4.69) is 153 Å². The zero-order valence-electron chi connectivity index (χ0n) is 29.5. The van der Waals surface area contributed by atoms with Crippen LogP contribution in [0, 0.1) is 22.7 Å². The number of nitrogens with zero attached hydrogens (tertiary/aromatic N) is 5. The van der Waals surface area contributed by atoms with Gasteiger partial charge in [0.25, 0.3) is 0 Å². The monoisotopic (exact) mass is 699 g/mol. The van der Waals surface area contributed by atoms with E-state index in [1.807, 2.05) is 48.5 Å². The summed E-state index contributed by atoms with van der Waals surface area (Å²) in [6, 6.07) is 66.0. The summed E-state index contributed by atoms with van der Waals surface area (Å²) in [7, 11) is 0. The van der Waals surface area contributed by atoms with Gasteiger partial charge in [0.05, 0.1) is 56.0 Å². The molecule has 0 spiro atoms. The van der Waals surface area contributed by atoms with Crippen molar-refractivity contribution in [2.24, 2.45) is 0 Å². The lowest BCUT2D eigenvalue weighted by molar-refractivity contribution is 1.16. The Morgan fingerprint density at radius 1 is 0.345 bits per heavy atom. The van der Waals surface area contributed by atoms with Crippen LogP contribution in [0.5, 0.6) is 0 Å². The van der Waals surface area contributed by atoms with E-state index in [-0.39, 0.29) is 0 Å². The second-order valence-corrected chi connectivity index (χ2v) is 14.0. The van der Waals surface area contributed by atoms with E-state index >= 15 is 0 Å². The lowest BCUT2D eigenvalue weighted by atomic mass is 9.98. The molecule has 0 saturated carbocycles. The molecule has 3 heterocycles. The summed E-state index contributed by atoms with van der Waals surface area (Å²) in [5.74, 6) is 0. The number of hydrogen-bond acceptors (Lipinski definition) is 2. The van der Waals surface area contributed by atoms with Crippen molar-refractivity contribution in [2.75, 3.05) is 0 Å². The number of benzene rings is 8. The van der Waals surface area contributed by atoms with Crippen molar-refractivity contribution >= 4 is 65.4 Å². The summed E-state index contributed by atoms with van der Waals surface area (Å²) >= 11 is 0. The summed E-state index contributed by atoms with van der Waals surface area (Å²) in [5.41, 5.74) is 12.3. The summed E-state index contributed by atoms with van der Waals surface area (Å²) in [5, 5.41) is 27.6. The fourth-order valence-electron chi connectivity index (χ4n) is 8.78. The smallest absolute Gasteiger partial charge is 0.102 e. The van der Waals surface area contributed by atoms with Gasteiger partial charge in [-0.05, 0) is 78.4 Å². The Morgan fingerprint density at radius 3 is 1.49 bits per heavy atom. The zero-order chi connectivity index (χ0) is 36.6. The Hall–Kier alpha value is -7.86. The topological polar surface area (TPSA) is 62.4 Å². The van der Waals surface area contributed by atoms with Crippen LogP contribution in [-0.4, -0.2) is 13.7 Å². The standard InChI is InChI=1S/C50H29N5/c51-30-32-23-25-41-39-15-3-8-21-47(39)55(50(41)27-32)48-22-10-17-36(43(48)31-52)33-11-9-12-34(28-33)53-46-20-7-4-16-40(46)42-29-35(24-26-49(42)53)54-44-18-5-1-13-37(44)38-14-2-6-19-45(38)54/h1-29H. The number of hydrogen-bond donors (Lipinski definition) is 0. The van der Waals surface area contributed by atoms with E-state index in [0.29, 0.717) is 11.1 Å². The summed E-state index contributed by atoms with van der Waals surface area (Å²) in [6.45, 7) is 0. The first-order valence-corrected chi connectivity index (χ1v) is 18.3. The minimum Gasteiger partial charge on any atom is -0.309 e. The van der Waals surface area contributed by atoms with Gasteiger partial charge in [0, 0.05) is 49.3 Å². The highest BCUT2D eigenvalue weighted by Gasteiger charge is 2.20. The Bertz CT molecular complexity index is 3420. The highest BCUT2D eigenvalue weighted by molar-refractivity contribution is 6.13. The number of nitriles is 2. The minimum atomic E-state index is 0.572. The molecule has 0 atom stereocenters. The average Bonchev–Trinajstić information content (AvgIpc) is 3.88. The molecule has 55 heavy (non-hydrogen) atoms. The van der Waals surface area contributed by atoms with Crippen LogP contribution in [-0.2, 0) is 0 Å². The molecule has 8 aromatic carbocycles. The molecule has 0 N–H and O–H groups in total. The number of rotatable bonds is 4. The quantitative estimate of drug-likeness (QED) is 0.184. The second kappa shape index (κ2) is 11.8. The van der Waals surface area contributed by atoms with Crippen LogP contribution in [0.2, 0.25) is 0 Å². The van der Waals surface area contributed by atoms with E-state index in [4.69, 9.17) is 0 Å². The fourth-order valence-corrected chi connectivity index (χ4v) is 8.78. The van der Waals surface area contributed by atoms with Crippen LogP contribution in [0.25, 0.3) is 93.6 Å². The third-order valence-electron chi connectivity index (χ3n) is 11.1. The number of para-hydroxylation sites is 4. The Morgan fingerprint density at radius 2 is 0.873 bits per heavy atom. The van der Waals surface area contributed by atoms with Crippen LogP contribution in [0.4, 0.5) is 0 Å². The molecule has 5 heteroatoms. The summed E-state index contributed by atoms with van der Waals surface area (Å²) in [4.78, 5) is 0. The lowest BCUT2D eigenvalue weighted by Gasteiger charge is -2.15. The largest absolute Gasteiger partial charge is 0.309 e. The molecule has 254 valence electrons. The van der Waals surface area contributed by atoms with E-state index in [1.165, 1.54) is 32.6 Å². The predicted molar refractivity (Wildman–Crippen MR) is 224 cm³/mol. The molecule has 0 unspecified atom stereocenters. The van der Waals surface area contributed by atoms with E-state index in [0.717, 1.165) is 61.0 Å². The van der Waals surface area contributed by atoms with Crippen LogP contribution >= 0.6 is 0 Å². The molecular formula is C50H29N5. The minimum absolute atomic E-state index is 0.572. The van der Waals surface area contributed by atoms with Crippen molar-refractivity contribution in [3.8, 4) is 40.3 Å². The molecule has 0 aliphatic carbocycles. The van der Waals surface area contributed by atoms with Crippen molar-refractivity contribution in [1.29, 1.82) is 10.5 Å². The molecular weight excluding hydrogens is 671 g/mol. The van der Waals surface area contributed by atoms with Gasteiger partial charge in [-0.1, -0.05) is 103 Å². The maximum Gasteiger partial charge on any atom is 0.102 e. The second-order valence-electron chi connectivity index (χ2n) is 14.0. The van der Waals surface area contributed by atoms with Crippen molar-refractivity contribution in [1.82, 2.24) is 13.7 Å². The first kappa shape index (κ1) is 30.7. The van der Waals surface area contributed by atoms with Crippen molar-refractivity contribution in [3.05, 3.63) is 187 Å². The fraction of sp³-hybridized carbons (Fsp3) is 0. The number of aromatic nitrogens is 3. The highest BCUT2D eigenvalue weighted by atomic mass is 15.0. The average molecular weight is 700 g/mol. The van der Waals surface area contributed by atoms with Crippen LogP contribution in [0.3, 0.4) is 0 Å². The SMILES string of the molecule is N#Cc1ccc2c3ccccc3n(-c3cccc(-c4cccc(-n5c6ccccc6c6cc(-n7c8ccccc8c8ccccc87)ccc65)c4)c3C#N)c2c1. The summed E-state index contributed by atoms with van der Waals surface area (Å²) in [6.07, 6.45) is 0. The van der Waals surface area contributed by atoms with Gasteiger partial charge in [0.1, 0.15) is 6.07 Å². The summed E-state index contributed by atoms with van der Waals surface area (Å²) < 4.78 is 6.82. The molecule has 0 bridgehead atoms. The highest BCUT2D eigenvalue weighted by Crippen LogP contribution is 2.39. The van der Waals surface area contributed by atoms with Gasteiger partial charge in [0.2, 0.25) is 0 Å². The van der Waals surface area contributed by atoms with Gasteiger partial charge in [-0.3, -0.25) is 0 Å². The maximum absolute atomic E-state index is 10.9. The maximum atomic E-state index is 10.9. The van der Waals surface area contributed by atoms with Gasteiger partial charge in [-0.15, -0.1) is 0 Å². The van der Waals surface area contributed by atoms with Crippen LogP contribution in [0.15, 0.2) is 176 Å². The van der Waals surface area contributed by atoms with E-state index in [1.54, 1.807) is 0 Å². The van der Waals surface area contributed by atoms with Gasteiger partial charge < -0.3 is 13.7 Å². The van der Waals surface area contributed by atoms with Crippen molar-refractivity contribution in [3.63, 3.8) is 0 Å². The normalized spacial score (nSPS) is 11.6. The molecule has 0 aliphatic heterocycles. The van der Waals surface area contributed by atoms with Gasteiger partial charge in [-0.25, -0.2) is 0 Å². The molecule has 0 amide bonds. The Balaban J connectivity index is 1.10. The van der Waals surface area contributed by atoms with Crippen LogP contribution < -0.4 is 0 Å². The molecule has 5 nitrogen and oxygen atoms in total. The molecule has 0 aliphatic rings. The number of fused-ring (bicyclic) bond motifs is 9.